The number of hydrogen-bond donors (Lipinski definition) is 1. The smallest absolute Gasteiger partial charge is 0.149 e. The fourth-order valence-electron chi connectivity index (χ4n) is 0.822. The summed E-state index contributed by atoms with van der Waals surface area (Å²) in [5.41, 5.74) is 0.508. The Morgan fingerprint density at radius 3 is 2.54 bits per heavy atom. The molecule has 0 atom stereocenters. The maximum Gasteiger partial charge on any atom is 0.149 e. The lowest BCUT2D eigenvalue weighted by molar-refractivity contribution is 0.730. The van der Waals surface area contributed by atoms with Crippen LogP contribution in [0.1, 0.15) is 19.5 Å². The van der Waals surface area contributed by atoms with Gasteiger partial charge in [-0.3, -0.25) is 0 Å². The molecule has 0 unspecified atom stereocenters. The Bertz CT molecular complexity index is 319. The Labute approximate surface area is 78.6 Å². The molecule has 1 rings (SSSR count). The molecule has 1 aromatic rings. The second-order valence-electron chi connectivity index (χ2n) is 3.45. The summed E-state index contributed by atoms with van der Waals surface area (Å²) in [7, 11) is 0. The minimum Gasteiger partial charge on any atom is -0.353 e. The zero-order chi connectivity index (χ0) is 9.90. The lowest BCUT2D eigenvalue weighted by atomic mass is 10.1. The molecule has 0 aliphatic rings. The van der Waals surface area contributed by atoms with Crippen LogP contribution in [0.15, 0.2) is 12.1 Å². The van der Waals surface area contributed by atoms with Gasteiger partial charge in [-0.25, -0.2) is 0 Å². The first-order valence-electron chi connectivity index (χ1n) is 4.10. The summed E-state index contributed by atoms with van der Waals surface area (Å²) in [6.45, 7) is 5.71. The average Bonchev–Trinajstić information content (AvgIpc) is 2.09. The van der Waals surface area contributed by atoms with Crippen LogP contribution in [0.4, 0.5) is 5.82 Å². The van der Waals surface area contributed by atoms with Crippen molar-refractivity contribution >= 4 is 5.82 Å². The molecule has 0 aliphatic heterocycles. The average molecular weight is 175 g/mol. The van der Waals surface area contributed by atoms with E-state index < -0.39 is 0 Å². The molecular weight excluding hydrogens is 162 g/mol. The van der Waals surface area contributed by atoms with Crippen LogP contribution in [0.2, 0.25) is 0 Å². The highest BCUT2D eigenvalue weighted by atomic mass is 15.2. The van der Waals surface area contributed by atoms with Gasteiger partial charge in [-0.1, -0.05) is 5.92 Å². The van der Waals surface area contributed by atoms with Crippen molar-refractivity contribution in [2.75, 3.05) is 5.32 Å². The molecular formula is C10H13N3. The molecule has 0 aromatic carbocycles. The fraction of sp³-hybridized carbons (Fsp3) is 0.400. The number of rotatable bonds is 2. The van der Waals surface area contributed by atoms with E-state index in [2.05, 4.69) is 21.4 Å². The Kier molecular flexibility index (Phi) is 2.52. The van der Waals surface area contributed by atoms with Crippen LogP contribution < -0.4 is 5.32 Å². The number of aryl methyl sites for hydroxylation is 1. The minimum absolute atomic E-state index is 0.385. The first-order valence-corrected chi connectivity index (χ1v) is 4.10. The Balaban J connectivity index is 2.77. The van der Waals surface area contributed by atoms with Gasteiger partial charge in [0.2, 0.25) is 0 Å². The van der Waals surface area contributed by atoms with Crippen LogP contribution in [-0.4, -0.2) is 15.7 Å². The highest BCUT2D eigenvalue weighted by Crippen LogP contribution is 2.10. The van der Waals surface area contributed by atoms with Crippen molar-refractivity contribution in [1.29, 1.82) is 0 Å². The molecule has 0 spiro atoms. The van der Waals surface area contributed by atoms with Gasteiger partial charge in [-0.05, 0) is 32.9 Å². The van der Waals surface area contributed by atoms with Gasteiger partial charge in [0.25, 0.3) is 0 Å². The van der Waals surface area contributed by atoms with Crippen molar-refractivity contribution in [2.24, 2.45) is 0 Å². The summed E-state index contributed by atoms with van der Waals surface area (Å²) >= 11 is 0. The van der Waals surface area contributed by atoms with Crippen molar-refractivity contribution in [3.63, 3.8) is 0 Å². The van der Waals surface area contributed by atoms with E-state index in [1.807, 2.05) is 32.9 Å². The van der Waals surface area contributed by atoms with E-state index >= 15 is 0 Å². The number of hydrogen-bond acceptors (Lipinski definition) is 3. The van der Waals surface area contributed by atoms with Gasteiger partial charge in [0.15, 0.2) is 0 Å². The molecule has 68 valence electrons. The lowest BCUT2D eigenvalue weighted by Gasteiger charge is -2.19. The normalized spacial score (nSPS) is 10.6. The fourth-order valence-corrected chi connectivity index (χ4v) is 0.822. The monoisotopic (exact) mass is 175 g/mol. The van der Waals surface area contributed by atoms with Gasteiger partial charge in [0, 0.05) is 0 Å². The van der Waals surface area contributed by atoms with E-state index in [1.165, 1.54) is 0 Å². The zero-order valence-corrected chi connectivity index (χ0v) is 8.13. The van der Waals surface area contributed by atoms with Crippen LogP contribution in [0.25, 0.3) is 0 Å². The van der Waals surface area contributed by atoms with Crippen LogP contribution in [0.3, 0.4) is 0 Å². The van der Waals surface area contributed by atoms with Gasteiger partial charge in [-0.2, -0.15) is 5.10 Å². The van der Waals surface area contributed by atoms with Gasteiger partial charge in [-0.15, -0.1) is 11.5 Å². The Morgan fingerprint density at radius 2 is 2.08 bits per heavy atom. The third kappa shape index (κ3) is 2.75. The van der Waals surface area contributed by atoms with Gasteiger partial charge < -0.3 is 5.32 Å². The first kappa shape index (κ1) is 9.53. The molecule has 0 saturated heterocycles. The molecule has 1 aromatic heterocycles. The second kappa shape index (κ2) is 3.44. The first-order chi connectivity index (χ1) is 6.03. The molecule has 0 fully saturated rings. The molecule has 0 bridgehead atoms. The van der Waals surface area contributed by atoms with E-state index in [0.717, 1.165) is 5.69 Å². The molecule has 1 heterocycles. The maximum atomic E-state index is 5.32. The van der Waals surface area contributed by atoms with Crippen molar-refractivity contribution in [2.45, 2.75) is 26.3 Å². The largest absolute Gasteiger partial charge is 0.353 e. The van der Waals surface area contributed by atoms with Gasteiger partial charge in [0.05, 0.1) is 11.2 Å². The van der Waals surface area contributed by atoms with E-state index in [0.29, 0.717) is 5.82 Å². The van der Waals surface area contributed by atoms with E-state index in [1.54, 1.807) is 0 Å². The highest BCUT2D eigenvalue weighted by Gasteiger charge is 2.13. The van der Waals surface area contributed by atoms with Crippen LogP contribution in [-0.2, 0) is 0 Å². The lowest BCUT2D eigenvalue weighted by Crippen LogP contribution is -2.29. The van der Waals surface area contributed by atoms with Crippen LogP contribution in [0, 0.1) is 19.3 Å². The zero-order valence-electron chi connectivity index (χ0n) is 8.13. The third-order valence-electron chi connectivity index (χ3n) is 1.60. The summed E-state index contributed by atoms with van der Waals surface area (Å²) in [4.78, 5) is 0. The maximum absolute atomic E-state index is 5.32. The number of terminal acetylenes is 1. The predicted molar refractivity (Wildman–Crippen MR) is 53.3 cm³/mol. The number of aromatic nitrogens is 2. The topological polar surface area (TPSA) is 37.8 Å². The van der Waals surface area contributed by atoms with Gasteiger partial charge >= 0.3 is 0 Å². The van der Waals surface area contributed by atoms with Crippen molar-refractivity contribution in [3.8, 4) is 12.3 Å². The summed E-state index contributed by atoms with van der Waals surface area (Å²) in [6, 6.07) is 3.75. The predicted octanol–water partition coefficient (Wildman–Crippen LogP) is 1.61. The van der Waals surface area contributed by atoms with Crippen molar-refractivity contribution < 1.29 is 0 Å². The van der Waals surface area contributed by atoms with Crippen molar-refractivity contribution in [3.05, 3.63) is 17.8 Å². The molecule has 0 saturated carbocycles. The van der Waals surface area contributed by atoms with Crippen LogP contribution in [0.5, 0.6) is 0 Å². The quantitative estimate of drug-likeness (QED) is 0.694. The van der Waals surface area contributed by atoms with E-state index in [-0.39, 0.29) is 5.54 Å². The molecule has 3 nitrogen and oxygen atoms in total. The SMILES string of the molecule is C#CC(C)(C)Nc1ccc(C)nn1. The standard InChI is InChI=1S/C10H13N3/c1-5-10(3,4)11-9-7-6-8(2)12-13-9/h1,6-7H,2-4H3,(H,11,13). The molecule has 1 N–H and O–H groups in total. The van der Waals surface area contributed by atoms with E-state index in [9.17, 15) is 0 Å². The Morgan fingerprint density at radius 1 is 1.38 bits per heavy atom. The van der Waals surface area contributed by atoms with Crippen molar-refractivity contribution in [1.82, 2.24) is 10.2 Å². The molecule has 0 aliphatic carbocycles. The summed E-state index contributed by atoms with van der Waals surface area (Å²) in [6.07, 6.45) is 5.32. The molecule has 0 amide bonds. The van der Waals surface area contributed by atoms with E-state index in [4.69, 9.17) is 6.42 Å². The highest BCUT2D eigenvalue weighted by molar-refractivity contribution is 5.39. The number of nitrogens with one attached hydrogen (secondary N) is 1. The molecule has 0 radical (unpaired) electrons. The summed E-state index contributed by atoms with van der Waals surface area (Å²) in [5, 5.41) is 11.0. The number of nitrogens with zero attached hydrogens (tertiary/aromatic N) is 2. The number of anilines is 1. The molecule has 13 heavy (non-hydrogen) atoms. The Hall–Kier alpha value is -1.56. The van der Waals surface area contributed by atoms with Gasteiger partial charge in [0.1, 0.15) is 5.82 Å². The second-order valence-corrected chi connectivity index (χ2v) is 3.45. The summed E-state index contributed by atoms with van der Waals surface area (Å²) < 4.78 is 0. The minimum atomic E-state index is -0.385. The van der Waals surface area contributed by atoms with Crippen LogP contribution >= 0.6 is 0 Å². The third-order valence-corrected chi connectivity index (χ3v) is 1.60. The summed E-state index contributed by atoms with van der Waals surface area (Å²) in [5.74, 6) is 3.33. The molecule has 3 heteroatoms.